The number of rotatable bonds is 5. The van der Waals surface area contributed by atoms with E-state index in [-0.39, 0.29) is 0 Å². The molecule has 0 atom stereocenters. The topological polar surface area (TPSA) is 51.8 Å². The van der Waals surface area contributed by atoms with E-state index >= 15 is 0 Å². The summed E-state index contributed by atoms with van der Waals surface area (Å²) >= 11 is 0. The average molecular weight is 702 g/mol. The maximum atomic E-state index is 6.18. The Morgan fingerprint density at radius 3 is 1.75 bits per heavy atom. The summed E-state index contributed by atoms with van der Waals surface area (Å²) in [5.74, 6) is 1.90. The molecule has 0 aliphatic heterocycles. The monoisotopic (exact) mass is 701 g/mol. The number of para-hydroxylation sites is 1. The Morgan fingerprint density at radius 2 is 0.909 bits per heavy atom. The molecule has 4 heteroatoms. The molecule has 55 heavy (non-hydrogen) atoms. The fourth-order valence-corrected chi connectivity index (χ4v) is 7.93. The van der Waals surface area contributed by atoms with E-state index in [0.29, 0.717) is 17.5 Å². The van der Waals surface area contributed by atoms with Gasteiger partial charge in [0.25, 0.3) is 0 Å². The quantitative estimate of drug-likeness (QED) is 0.179. The van der Waals surface area contributed by atoms with Gasteiger partial charge < -0.3 is 4.42 Å². The molecule has 4 nitrogen and oxygen atoms in total. The maximum Gasteiger partial charge on any atom is 0.164 e. The number of fused-ring (bicyclic) bond motifs is 6. The van der Waals surface area contributed by atoms with Crippen LogP contribution in [0.4, 0.5) is 0 Å². The summed E-state index contributed by atoms with van der Waals surface area (Å²) in [5.41, 5.74) is 9.20. The van der Waals surface area contributed by atoms with Crippen LogP contribution >= 0.6 is 0 Å². The fraction of sp³-hybridized carbons (Fsp3) is 0. The van der Waals surface area contributed by atoms with Crippen LogP contribution in [0.25, 0.3) is 111 Å². The lowest BCUT2D eigenvalue weighted by molar-refractivity contribution is 0.669. The molecule has 11 aromatic rings. The predicted molar refractivity (Wildman–Crippen MR) is 227 cm³/mol. The SMILES string of the molecule is c1ccc(-c2nc(-c3cc(-c4ccccc4)c4ccccc4c3)nc(-c3cccc4ccc(-c5ccc6cc7oc8ccccc8c7cc6c5)cc34)n2)cc1. The van der Waals surface area contributed by atoms with Gasteiger partial charge in [-0.15, -0.1) is 0 Å². The van der Waals surface area contributed by atoms with Gasteiger partial charge in [0.2, 0.25) is 0 Å². The van der Waals surface area contributed by atoms with E-state index in [1.165, 1.54) is 10.8 Å². The van der Waals surface area contributed by atoms with E-state index in [0.717, 1.165) is 82.4 Å². The van der Waals surface area contributed by atoms with E-state index in [9.17, 15) is 0 Å². The van der Waals surface area contributed by atoms with Crippen molar-refractivity contribution in [3.05, 3.63) is 188 Å². The predicted octanol–water partition coefficient (Wildman–Crippen LogP) is 13.6. The molecule has 0 aliphatic rings. The fourth-order valence-electron chi connectivity index (χ4n) is 7.93. The lowest BCUT2D eigenvalue weighted by Crippen LogP contribution is -2.01. The van der Waals surface area contributed by atoms with Crippen molar-refractivity contribution < 1.29 is 4.42 Å². The van der Waals surface area contributed by atoms with Gasteiger partial charge in [-0.2, -0.15) is 0 Å². The summed E-state index contributed by atoms with van der Waals surface area (Å²) in [6.07, 6.45) is 0. The first-order chi connectivity index (χ1) is 27.2. The molecule has 0 bridgehead atoms. The first-order valence-electron chi connectivity index (χ1n) is 18.5. The second-order valence-electron chi connectivity index (χ2n) is 14.0. The van der Waals surface area contributed by atoms with E-state index in [2.05, 4.69) is 158 Å². The van der Waals surface area contributed by atoms with Gasteiger partial charge in [0.05, 0.1) is 0 Å². The van der Waals surface area contributed by atoms with Crippen LogP contribution < -0.4 is 0 Å². The van der Waals surface area contributed by atoms with Crippen molar-refractivity contribution in [3.63, 3.8) is 0 Å². The van der Waals surface area contributed by atoms with Crippen molar-refractivity contribution in [1.82, 2.24) is 15.0 Å². The molecule has 0 spiro atoms. The molecule has 0 unspecified atom stereocenters. The van der Waals surface area contributed by atoms with Gasteiger partial charge in [0, 0.05) is 27.5 Å². The molecular weight excluding hydrogens is 671 g/mol. The van der Waals surface area contributed by atoms with E-state index in [1.807, 2.05) is 30.3 Å². The van der Waals surface area contributed by atoms with Crippen LogP contribution in [0.2, 0.25) is 0 Å². The molecule has 11 rings (SSSR count). The molecule has 0 amide bonds. The molecule has 9 aromatic carbocycles. The van der Waals surface area contributed by atoms with Crippen LogP contribution in [0.1, 0.15) is 0 Å². The second kappa shape index (κ2) is 12.6. The molecule has 0 N–H and O–H groups in total. The van der Waals surface area contributed by atoms with Gasteiger partial charge in [-0.25, -0.2) is 15.0 Å². The summed E-state index contributed by atoms with van der Waals surface area (Å²) in [7, 11) is 0. The summed E-state index contributed by atoms with van der Waals surface area (Å²) in [6, 6.07) is 65.9. The maximum absolute atomic E-state index is 6.18. The normalized spacial score (nSPS) is 11.6. The number of furan rings is 1. The van der Waals surface area contributed by atoms with Crippen molar-refractivity contribution in [2.75, 3.05) is 0 Å². The number of hydrogen-bond acceptors (Lipinski definition) is 4. The minimum absolute atomic E-state index is 0.632. The standard InChI is InChI=1S/C51H31N3O/c1-3-12-32(13-4-1)44-30-40(27-38-16-7-8-18-41(38)44)50-52-49(34-14-5-2-6-15-34)53-51(54-50)43-20-11-17-33-22-23-36(28-45(33)43)35-24-25-37-31-48-46(29-39(37)26-35)42-19-9-10-21-47(42)55-48/h1-31H. The van der Waals surface area contributed by atoms with Gasteiger partial charge in [0.1, 0.15) is 11.2 Å². The molecule has 0 radical (unpaired) electrons. The van der Waals surface area contributed by atoms with Crippen LogP contribution in [-0.4, -0.2) is 15.0 Å². The Balaban J connectivity index is 1.08. The lowest BCUT2D eigenvalue weighted by Gasteiger charge is -2.13. The average Bonchev–Trinajstić information content (AvgIpc) is 3.62. The Bertz CT molecular complexity index is 3260. The summed E-state index contributed by atoms with van der Waals surface area (Å²) in [5, 5.41) is 9.10. The highest BCUT2D eigenvalue weighted by molar-refractivity contribution is 6.10. The number of aromatic nitrogens is 3. The van der Waals surface area contributed by atoms with Crippen molar-refractivity contribution in [3.8, 4) is 56.4 Å². The highest BCUT2D eigenvalue weighted by Crippen LogP contribution is 2.38. The van der Waals surface area contributed by atoms with Crippen LogP contribution in [0.5, 0.6) is 0 Å². The molecule has 2 heterocycles. The Hall–Kier alpha value is -7.43. The molecule has 0 aliphatic carbocycles. The lowest BCUT2D eigenvalue weighted by atomic mass is 9.95. The summed E-state index contributed by atoms with van der Waals surface area (Å²) in [6.45, 7) is 0. The van der Waals surface area contributed by atoms with E-state index < -0.39 is 0 Å². The zero-order valence-corrected chi connectivity index (χ0v) is 29.6. The van der Waals surface area contributed by atoms with Crippen LogP contribution in [0.3, 0.4) is 0 Å². The summed E-state index contributed by atoms with van der Waals surface area (Å²) < 4.78 is 6.18. The first kappa shape index (κ1) is 31.1. The molecule has 0 fully saturated rings. The highest BCUT2D eigenvalue weighted by Gasteiger charge is 2.17. The number of benzene rings is 9. The Labute approximate surface area is 317 Å². The highest BCUT2D eigenvalue weighted by atomic mass is 16.3. The Morgan fingerprint density at radius 1 is 0.273 bits per heavy atom. The zero-order chi connectivity index (χ0) is 36.3. The van der Waals surface area contributed by atoms with E-state index in [4.69, 9.17) is 19.4 Å². The smallest absolute Gasteiger partial charge is 0.164 e. The first-order valence-corrected chi connectivity index (χ1v) is 18.5. The number of hydrogen-bond donors (Lipinski definition) is 0. The van der Waals surface area contributed by atoms with E-state index in [1.54, 1.807) is 0 Å². The van der Waals surface area contributed by atoms with Crippen LogP contribution in [0, 0.1) is 0 Å². The minimum Gasteiger partial charge on any atom is -0.456 e. The molecule has 0 saturated heterocycles. The minimum atomic E-state index is 0.632. The van der Waals surface area contributed by atoms with Crippen molar-refractivity contribution >= 4 is 54.3 Å². The largest absolute Gasteiger partial charge is 0.456 e. The second-order valence-corrected chi connectivity index (χ2v) is 14.0. The van der Waals surface area contributed by atoms with Gasteiger partial charge in [-0.05, 0) is 97.0 Å². The Kier molecular flexibility index (Phi) is 7.14. The summed E-state index contributed by atoms with van der Waals surface area (Å²) in [4.78, 5) is 15.5. The van der Waals surface area contributed by atoms with Gasteiger partial charge in [0.15, 0.2) is 17.5 Å². The van der Waals surface area contributed by atoms with Gasteiger partial charge >= 0.3 is 0 Å². The van der Waals surface area contributed by atoms with Crippen molar-refractivity contribution in [2.45, 2.75) is 0 Å². The zero-order valence-electron chi connectivity index (χ0n) is 29.6. The van der Waals surface area contributed by atoms with Crippen molar-refractivity contribution in [2.24, 2.45) is 0 Å². The molecule has 2 aromatic heterocycles. The molecule has 256 valence electrons. The van der Waals surface area contributed by atoms with Crippen molar-refractivity contribution in [1.29, 1.82) is 0 Å². The molecule has 0 saturated carbocycles. The number of nitrogens with zero attached hydrogens (tertiary/aromatic N) is 3. The van der Waals surface area contributed by atoms with Crippen LogP contribution in [0.15, 0.2) is 192 Å². The molecular formula is C51H31N3O. The van der Waals surface area contributed by atoms with Crippen LogP contribution in [-0.2, 0) is 0 Å². The third-order valence-corrected chi connectivity index (χ3v) is 10.7. The third-order valence-electron chi connectivity index (χ3n) is 10.7. The van der Waals surface area contributed by atoms with Gasteiger partial charge in [-0.1, -0.05) is 146 Å². The van der Waals surface area contributed by atoms with Gasteiger partial charge in [-0.3, -0.25) is 0 Å². The third kappa shape index (κ3) is 5.43.